The van der Waals surface area contributed by atoms with E-state index in [-0.39, 0.29) is 12.2 Å². The van der Waals surface area contributed by atoms with Crippen molar-refractivity contribution in [2.45, 2.75) is 12.8 Å². The Morgan fingerprint density at radius 3 is 3.00 bits per heavy atom. The second-order valence-corrected chi connectivity index (χ2v) is 4.00. The van der Waals surface area contributed by atoms with E-state index in [0.29, 0.717) is 12.2 Å². The molecule has 0 unspecified atom stereocenters. The van der Waals surface area contributed by atoms with Gasteiger partial charge < -0.3 is 0 Å². The van der Waals surface area contributed by atoms with Gasteiger partial charge in [0.2, 0.25) is 0 Å². The smallest absolute Gasteiger partial charge is 0.182 e. The lowest BCUT2D eigenvalue weighted by Crippen LogP contribution is -2.07. The fraction of sp³-hybridized carbons (Fsp3) is 0.333. The van der Waals surface area contributed by atoms with E-state index in [2.05, 4.69) is 15.4 Å². The lowest BCUT2D eigenvalue weighted by molar-refractivity contribution is -0.117. The molecule has 0 atom stereocenters. The van der Waals surface area contributed by atoms with E-state index in [9.17, 15) is 4.79 Å². The molecule has 0 bridgehead atoms. The molecule has 0 aromatic carbocycles. The first-order valence-electron chi connectivity index (χ1n) is 4.49. The van der Waals surface area contributed by atoms with Crippen LogP contribution in [0.2, 0.25) is 0 Å². The number of nitrogens with zero attached hydrogens (tertiary/aromatic N) is 4. The molecule has 0 amide bonds. The van der Waals surface area contributed by atoms with Gasteiger partial charge in [-0.25, -0.2) is 0 Å². The Labute approximate surface area is 90.7 Å². The van der Waals surface area contributed by atoms with E-state index in [0.717, 1.165) is 5.56 Å². The summed E-state index contributed by atoms with van der Waals surface area (Å²) in [5.74, 6) is 0.596. The van der Waals surface area contributed by atoms with Gasteiger partial charge in [0.1, 0.15) is 5.78 Å². The molecule has 15 heavy (non-hydrogen) atoms. The molecule has 0 radical (unpaired) electrons. The largest absolute Gasteiger partial charge is 0.299 e. The molecule has 0 saturated carbocycles. The Balaban J connectivity index is 1.93. The molecule has 2 aromatic rings. The summed E-state index contributed by atoms with van der Waals surface area (Å²) in [5.41, 5.74) is 1.05. The van der Waals surface area contributed by atoms with Gasteiger partial charge in [-0.15, -0.1) is 10.2 Å². The summed E-state index contributed by atoms with van der Waals surface area (Å²) >= 11 is 1.59. The predicted octanol–water partition coefficient (Wildman–Crippen LogP) is 0.626. The molecule has 0 spiro atoms. The fourth-order valence-corrected chi connectivity index (χ4v) is 1.92. The zero-order valence-corrected chi connectivity index (χ0v) is 9.07. The van der Waals surface area contributed by atoms with Gasteiger partial charge in [-0.3, -0.25) is 4.79 Å². The van der Waals surface area contributed by atoms with E-state index >= 15 is 0 Å². The number of ketones is 1. The molecule has 0 aliphatic carbocycles. The van der Waals surface area contributed by atoms with Crippen LogP contribution in [0.1, 0.15) is 11.4 Å². The van der Waals surface area contributed by atoms with Gasteiger partial charge in [0.05, 0.1) is 13.5 Å². The van der Waals surface area contributed by atoms with Crippen LogP contribution >= 0.6 is 11.3 Å². The maximum Gasteiger partial charge on any atom is 0.182 e. The number of rotatable bonds is 4. The third-order valence-electron chi connectivity index (χ3n) is 1.89. The highest BCUT2D eigenvalue weighted by Crippen LogP contribution is 2.07. The second kappa shape index (κ2) is 4.31. The minimum absolute atomic E-state index is 0.112. The molecule has 0 aliphatic rings. The number of Topliss-reactive ketones (excluding diaryl/α,β-unsaturated/α-hetero) is 1. The van der Waals surface area contributed by atoms with Gasteiger partial charge in [0.25, 0.3) is 0 Å². The van der Waals surface area contributed by atoms with Crippen molar-refractivity contribution < 1.29 is 4.79 Å². The lowest BCUT2D eigenvalue weighted by atomic mass is 10.1. The summed E-state index contributed by atoms with van der Waals surface area (Å²) in [6, 6.07) is 1.95. The molecule has 0 fully saturated rings. The highest BCUT2D eigenvalue weighted by Gasteiger charge is 2.09. The maximum absolute atomic E-state index is 11.6. The second-order valence-electron chi connectivity index (χ2n) is 3.22. The first kappa shape index (κ1) is 9.97. The molecule has 0 saturated heterocycles. The minimum atomic E-state index is 0.112. The first-order chi connectivity index (χ1) is 7.24. The zero-order valence-electron chi connectivity index (χ0n) is 8.25. The predicted molar refractivity (Wildman–Crippen MR) is 55.5 cm³/mol. The molecular formula is C9H10N4OS. The van der Waals surface area contributed by atoms with Crippen molar-refractivity contribution in [2.24, 2.45) is 7.05 Å². The van der Waals surface area contributed by atoms with Crippen molar-refractivity contribution in [1.82, 2.24) is 20.2 Å². The summed E-state index contributed by atoms with van der Waals surface area (Å²) in [6.45, 7) is 0. The number of thiophene rings is 1. The Kier molecular flexibility index (Phi) is 2.86. The maximum atomic E-state index is 11.6. The molecule has 0 aliphatic heterocycles. The van der Waals surface area contributed by atoms with E-state index in [1.807, 2.05) is 16.8 Å². The monoisotopic (exact) mass is 222 g/mol. The van der Waals surface area contributed by atoms with Crippen LogP contribution in [-0.2, 0) is 24.7 Å². The van der Waals surface area contributed by atoms with Gasteiger partial charge >= 0.3 is 0 Å². The number of aromatic nitrogens is 4. The van der Waals surface area contributed by atoms with Gasteiger partial charge in [0.15, 0.2) is 5.82 Å². The third kappa shape index (κ3) is 2.69. The zero-order chi connectivity index (χ0) is 10.7. The standard InChI is InChI=1S/C9H10N4OS/c1-13-11-9(10-12-13)5-8(14)4-7-2-3-15-6-7/h2-3,6H,4-5H2,1H3. The number of aryl methyl sites for hydroxylation is 1. The average molecular weight is 222 g/mol. The summed E-state index contributed by atoms with van der Waals surface area (Å²) < 4.78 is 0. The van der Waals surface area contributed by atoms with Crippen LogP contribution in [0, 0.1) is 0 Å². The van der Waals surface area contributed by atoms with Crippen LogP contribution in [0.4, 0.5) is 0 Å². The van der Waals surface area contributed by atoms with E-state index in [4.69, 9.17) is 0 Å². The molecular weight excluding hydrogens is 212 g/mol. The van der Waals surface area contributed by atoms with Crippen molar-refractivity contribution in [2.75, 3.05) is 0 Å². The molecule has 2 aromatic heterocycles. The quantitative estimate of drug-likeness (QED) is 0.761. The summed E-state index contributed by atoms with van der Waals surface area (Å²) in [6.07, 6.45) is 0.700. The normalized spacial score (nSPS) is 10.5. The van der Waals surface area contributed by atoms with Crippen molar-refractivity contribution in [3.63, 3.8) is 0 Å². The van der Waals surface area contributed by atoms with Crippen LogP contribution in [0.15, 0.2) is 16.8 Å². The van der Waals surface area contributed by atoms with Crippen molar-refractivity contribution in [3.8, 4) is 0 Å². The molecule has 6 heteroatoms. The number of hydrogen-bond acceptors (Lipinski definition) is 5. The minimum Gasteiger partial charge on any atom is -0.299 e. The van der Waals surface area contributed by atoms with E-state index in [1.54, 1.807) is 18.4 Å². The SMILES string of the molecule is Cn1nnc(CC(=O)Cc2ccsc2)n1. The van der Waals surface area contributed by atoms with Crippen LogP contribution in [0.5, 0.6) is 0 Å². The highest BCUT2D eigenvalue weighted by atomic mass is 32.1. The average Bonchev–Trinajstić information content (AvgIpc) is 2.77. The number of carbonyl (C=O) groups excluding carboxylic acids is 1. The van der Waals surface area contributed by atoms with E-state index in [1.165, 1.54) is 4.80 Å². The number of hydrogen-bond donors (Lipinski definition) is 0. The van der Waals surface area contributed by atoms with Crippen molar-refractivity contribution in [1.29, 1.82) is 0 Å². The lowest BCUT2D eigenvalue weighted by Gasteiger charge is -1.94. The molecule has 2 rings (SSSR count). The van der Waals surface area contributed by atoms with Crippen molar-refractivity contribution in [3.05, 3.63) is 28.2 Å². The van der Waals surface area contributed by atoms with Crippen LogP contribution in [0.25, 0.3) is 0 Å². The molecule has 0 N–H and O–H groups in total. The number of carbonyl (C=O) groups is 1. The van der Waals surface area contributed by atoms with E-state index < -0.39 is 0 Å². The van der Waals surface area contributed by atoms with Gasteiger partial charge in [-0.2, -0.15) is 16.1 Å². The summed E-state index contributed by atoms with van der Waals surface area (Å²) in [7, 11) is 1.68. The van der Waals surface area contributed by atoms with Gasteiger partial charge in [-0.1, -0.05) is 0 Å². The Morgan fingerprint density at radius 2 is 2.40 bits per heavy atom. The molecule has 5 nitrogen and oxygen atoms in total. The Hall–Kier alpha value is -1.56. The molecule has 78 valence electrons. The highest BCUT2D eigenvalue weighted by molar-refractivity contribution is 7.07. The first-order valence-corrected chi connectivity index (χ1v) is 5.44. The summed E-state index contributed by atoms with van der Waals surface area (Å²) in [5, 5.41) is 15.3. The topological polar surface area (TPSA) is 60.7 Å². The van der Waals surface area contributed by atoms with Crippen molar-refractivity contribution >= 4 is 17.1 Å². The summed E-state index contributed by atoms with van der Waals surface area (Å²) in [4.78, 5) is 12.9. The number of tetrazole rings is 1. The van der Waals surface area contributed by atoms with Crippen LogP contribution in [0.3, 0.4) is 0 Å². The Morgan fingerprint density at radius 1 is 1.53 bits per heavy atom. The molecule has 2 heterocycles. The Bertz CT molecular complexity index is 448. The third-order valence-corrected chi connectivity index (χ3v) is 2.62. The van der Waals surface area contributed by atoms with Gasteiger partial charge in [0, 0.05) is 6.42 Å². The van der Waals surface area contributed by atoms with Crippen LogP contribution < -0.4 is 0 Å². The van der Waals surface area contributed by atoms with Gasteiger partial charge in [-0.05, 0) is 27.6 Å². The fourth-order valence-electron chi connectivity index (χ4n) is 1.25. The van der Waals surface area contributed by atoms with Crippen LogP contribution in [-0.4, -0.2) is 26.0 Å².